The first kappa shape index (κ1) is 34.0. The molecule has 244 valence electrons. The number of anilines is 1. The number of aromatic nitrogens is 5. The molecule has 2 aromatic heterocycles. The highest BCUT2D eigenvalue weighted by molar-refractivity contribution is 7.48. The van der Waals surface area contributed by atoms with Gasteiger partial charge in [-0.05, 0) is 66.5 Å². The maximum Gasteiger partial charge on any atom is 0.477 e. The summed E-state index contributed by atoms with van der Waals surface area (Å²) in [5.74, 6) is -0.00156. The Kier molecular flexibility index (Phi) is 9.98. The standard InChI is InChI=1S/C29H41N8O7P/c1-28(2,3)43-45(40,44-29(4,5)6)42-17-37-22(33-26(38)18-13-14-18)15-21(23(34-37)27(39)30-7)32-20-12-10-11-19(24(20)41-9)25-31-16-36(8)35-25/h10-12,15-16,18H,13-14,17H2,1-9H3,(H,30,39)(H,33,38). The molecule has 1 aromatic carbocycles. The highest BCUT2D eigenvalue weighted by Crippen LogP contribution is 2.55. The monoisotopic (exact) mass is 644 g/mol. The van der Waals surface area contributed by atoms with E-state index in [4.69, 9.17) is 23.3 Å². The van der Waals surface area contributed by atoms with Gasteiger partial charge < -0.3 is 15.4 Å². The fraction of sp³-hybridized carbons (Fsp3) is 0.517. The number of para-hydroxylation sites is 1. The first-order chi connectivity index (χ1) is 21.0. The Morgan fingerprint density at radius 3 is 2.29 bits per heavy atom. The molecule has 1 aliphatic carbocycles. The van der Waals surface area contributed by atoms with Crippen LogP contribution in [0.5, 0.6) is 5.75 Å². The lowest BCUT2D eigenvalue weighted by atomic mass is 10.1. The van der Waals surface area contributed by atoms with E-state index in [-0.39, 0.29) is 28.7 Å². The molecule has 1 fully saturated rings. The van der Waals surface area contributed by atoms with E-state index in [1.165, 1.54) is 24.9 Å². The van der Waals surface area contributed by atoms with E-state index in [2.05, 4.69) is 25.8 Å². The van der Waals surface area contributed by atoms with E-state index in [9.17, 15) is 14.2 Å². The number of carbonyl (C=O) groups is 2. The van der Waals surface area contributed by atoms with Gasteiger partial charge in [0.15, 0.2) is 24.0 Å². The van der Waals surface area contributed by atoms with Crippen LogP contribution in [0, 0.1) is 5.92 Å². The van der Waals surface area contributed by atoms with Gasteiger partial charge in [0, 0.05) is 26.1 Å². The van der Waals surface area contributed by atoms with Gasteiger partial charge in [-0.25, -0.2) is 19.2 Å². The van der Waals surface area contributed by atoms with Gasteiger partial charge in [0.2, 0.25) is 5.91 Å². The number of phosphoric ester groups is 1. The number of methoxy groups -OCH3 is 1. The van der Waals surface area contributed by atoms with Gasteiger partial charge in [-0.15, -0.1) is 0 Å². The predicted molar refractivity (Wildman–Crippen MR) is 166 cm³/mol. The summed E-state index contributed by atoms with van der Waals surface area (Å²) >= 11 is 0. The number of ether oxygens (including phenoxy) is 1. The van der Waals surface area contributed by atoms with E-state index in [1.807, 2.05) is 0 Å². The summed E-state index contributed by atoms with van der Waals surface area (Å²) in [5, 5.41) is 14.4. The Morgan fingerprint density at radius 2 is 1.76 bits per heavy atom. The summed E-state index contributed by atoms with van der Waals surface area (Å²) in [7, 11) is 0.526. The molecule has 15 nitrogen and oxygen atoms in total. The zero-order valence-electron chi connectivity index (χ0n) is 27.1. The smallest absolute Gasteiger partial charge is 0.477 e. The van der Waals surface area contributed by atoms with Crippen LogP contribution < -0.4 is 20.7 Å². The van der Waals surface area contributed by atoms with Gasteiger partial charge >= 0.3 is 7.82 Å². The maximum absolute atomic E-state index is 13.8. The lowest BCUT2D eigenvalue weighted by Gasteiger charge is -2.31. The number of aryl methyl sites for hydroxylation is 1. The molecule has 0 bridgehead atoms. The summed E-state index contributed by atoms with van der Waals surface area (Å²) < 4.78 is 39.4. The fourth-order valence-corrected chi connectivity index (χ4v) is 5.83. The molecule has 2 heterocycles. The number of amides is 2. The Balaban J connectivity index is 1.85. The van der Waals surface area contributed by atoms with Crippen molar-refractivity contribution in [2.24, 2.45) is 18.0 Å². The molecule has 0 unspecified atom stereocenters. The van der Waals surface area contributed by atoms with E-state index in [1.54, 1.807) is 77.8 Å². The Hall–Kier alpha value is -3.91. The molecule has 16 heteroatoms. The molecule has 3 aromatic rings. The van der Waals surface area contributed by atoms with E-state index in [0.29, 0.717) is 22.8 Å². The molecule has 0 radical (unpaired) electrons. The van der Waals surface area contributed by atoms with Crippen LogP contribution in [0.2, 0.25) is 0 Å². The predicted octanol–water partition coefficient (Wildman–Crippen LogP) is 4.34. The summed E-state index contributed by atoms with van der Waals surface area (Å²) in [4.78, 5) is 35.1. The van der Waals surface area contributed by atoms with Gasteiger partial charge in [-0.3, -0.25) is 27.8 Å². The molecule has 4 rings (SSSR count). The average molecular weight is 645 g/mol. The zero-order valence-corrected chi connectivity index (χ0v) is 28.0. The molecule has 45 heavy (non-hydrogen) atoms. The van der Waals surface area contributed by atoms with Crippen molar-refractivity contribution >= 4 is 31.1 Å². The lowest BCUT2D eigenvalue weighted by Crippen LogP contribution is -2.32. The third-order valence-corrected chi connectivity index (χ3v) is 8.02. The first-order valence-corrected chi connectivity index (χ1v) is 15.9. The second-order valence-corrected chi connectivity index (χ2v) is 13.9. The van der Waals surface area contributed by atoms with E-state index >= 15 is 0 Å². The summed E-state index contributed by atoms with van der Waals surface area (Å²) in [6, 6.07) is 6.75. The van der Waals surface area contributed by atoms with Gasteiger partial charge in [0.05, 0.1) is 23.9 Å². The highest BCUT2D eigenvalue weighted by atomic mass is 31.2. The van der Waals surface area contributed by atoms with Gasteiger partial charge in [-0.1, -0.05) is 6.07 Å². The minimum atomic E-state index is -4.17. The minimum absolute atomic E-state index is 0.0998. The highest BCUT2D eigenvalue weighted by Gasteiger charge is 2.38. The number of nitrogens with zero attached hydrogens (tertiary/aromatic N) is 6. The van der Waals surface area contributed by atoms with Crippen molar-refractivity contribution in [3.8, 4) is 17.1 Å². The van der Waals surface area contributed by atoms with Gasteiger partial charge in [0.1, 0.15) is 23.2 Å². The summed E-state index contributed by atoms with van der Waals surface area (Å²) in [6.45, 7) is 9.81. The molecule has 0 saturated heterocycles. The zero-order chi connectivity index (χ0) is 33.2. The molecular weight excluding hydrogens is 603 g/mol. The van der Waals surface area contributed by atoms with Crippen LogP contribution in [0.15, 0.2) is 35.6 Å². The van der Waals surface area contributed by atoms with Crippen LogP contribution >= 0.6 is 7.82 Å². The lowest BCUT2D eigenvalue weighted by molar-refractivity contribution is -0.117. The fourth-order valence-electron chi connectivity index (χ4n) is 4.10. The second kappa shape index (κ2) is 13.2. The number of carbonyl (C=O) groups excluding carboxylic acids is 2. The van der Waals surface area contributed by atoms with Crippen LogP contribution in [-0.2, 0) is 36.7 Å². The van der Waals surface area contributed by atoms with Crippen molar-refractivity contribution in [2.75, 3.05) is 19.5 Å². The third kappa shape index (κ3) is 9.07. The number of phosphoric acid groups is 1. The van der Waals surface area contributed by atoms with Crippen molar-refractivity contribution in [1.29, 1.82) is 0 Å². The summed E-state index contributed by atoms with van der Waals surface area (Å²) in [6.07, 6.45) is 3.07. The van der Waals surface area contributed by atoms with Crippen molar-refractivity contribution < 1.29 is 32.5 Å². The Bertz CT molecular complexity index is 1660. The SMILES string of the molecule is CNC(=O)c1nn(COP(=O)(OC(C)(C)C)OC(C)(C)C)c(NC(=O)C2CC2)cc1=Nc1cccc(-c2ncn(C)n2)c1OC. The molecular formula is C29H41N8O7P. The largest absolute Gasteiger partial charge is 0.494 e. The molecule has 2 N–H and O–H groups in total. The van der Waals surface area contributed by atoms with Crippen LogP contribution in [0.1, 0.15) is 64.9 Å². The Morgan fingerprint density at radius 1 is 1.09 bits per heavy atom. The first-order valence-electron chi connectivity index (χ1n) is 14.4. The third-order valence-electron chi connectivity index (χ3n) is 6.05. The van der Waals surface area contributed by atoms with Crippen molar-refractivity contribution in [2.45, 2.75) is 72.3 Å². The van der Waals surface area contributed by atoms with Gasteiger partial charge in [0.25, 0.3) is 5.91 Å². The van der Waals surface area contributed by atoms with Crippen molar-refractivity contribution in [3.63, 3.8) is 0 Å². The summed E-state index contributed by atoms with van der Waals surface area (Å²) in [5.41, 5.74) is -0.905. The van der Waals surface area contributed by atoms with E-state index < -0.39 is 31.7 Å². The number of hydrogen-bond acceptors (Lipinski definition) is 11. The maximum atomic E-state index is 13.8. The normalized spacial score (nSPS) is 14.4. The van der Waals surface area contributed by atoms with Crippen molar-refractivity contribution in [3.05, 3.63) is 41.6 Å². The topological polar surface area (TPSA) is 173 Å². The van der Waals surface area contributed by atoms with Crippen molar-refractivity contribution in [1.82, 2.24) is 29.9 Å². The number of benzene rings is 1. The number of hydrogen-bond donors (Lipinski definition) is 2. The van der Waals surface area contributed by atoms with E-state index in [0.717, 1.165) is 12.8 Å². The minimum Gasteiger partial charge on any atom is -0.494 e. The molecule has 0 atom stereocenters. The number of nitrogens with one attached hydrogen (secondary N) is 2. The Labute approximate surface area is 262 Å². The second-order valence-electron chi connectivity index (χ2n) is 12.4. The molecule has 1 aliphatic rings. The van der Waals surface area contributed by atoms with Crippen LogP contribution in [0.25, 0.3) is 11.4 Å². The average Bonchev–Trinajstić information content (AvgIpc) is 3.70. The molecule has 0 spiro atoms. The van der Waals surface area contributed by atoms with Crippen LogP contribution in [-0.4, -0.2) is 61.7 Å². The molecule has 1 saturated carbocycles. The van der Waals surface area contributed by atoms with Gasteiger partial charge in [-0.2, -0.15) is 10.2 Å². The van der Waals surface area contributed by atoms with Crippen LogP contribution in [0.4, 0.5) is 11.5 Å². The molecule has 0 aliphatic heterocycles. The molecule has 2 amide bonds. The quantitative estimate of drug-likeness (QED) is 0.286. The number of rotatable bonds is 11. The van der Waals surface area contributed by atoms with Crippen LogP contribution in [0.3, 0.4) is 0 Å².